The molecule has 3 rings (SSSR count). The molecule has 0 unspecified atom stereocenters. The molecular weight excluding hydrogens is 286 g/mol. The number of oxazole rings is 1. The van der Waals surface area contributed by atoms with Crippen LogP contribution >= 0.6 is 0 Å². The first-order chi connectivity index (χ1) is 11.1. The smallest absolute Gasteiger partial charge is 0.208 e. The van der Waals surface area contributed by atoms with Crippen molar-refractivity contribution >= 4 is 0 Å². The molecule has 0 amide bonds. The minimum Gasteiger partial charge on any atom is -0.444 e. The van der Waals surface area contributed by atoms with Crippen LogP contribution in [-0.2, 0) is 13.0 Å². The van der Waals surface area contributed by atoms with E-state index in [0.29, 0.717) is 6.04 Å². The van der Waals surface area contributed by atoms with Gasteiger partial charge < -0.3 is 9.32 Å². The molecule has 1 aliphatic heterocycles. The van der Waals surface area contributed by atoms with Crippen LogP contribution in [0.2, 0.25) is 0 Å². The molecule has 4 nitrogen and oxygen atoms in total. The molecule has 0 aliphatic carbocycles. The van der Waals surface area contributed by atoms with Gasteiger partial charge in [0.2, 0.25) is 5.89 Å². The summed E-state index contributed by atoms with van der Waals surface area (Å²) < 4.78 is 5.82. The monoisotopic (exact) mass is 313 g/mol. The summed E-state index contributed by atoms with van der Waals surface area (Å²) in [6.45, 7) is 8.16. The summed E-state index contributed by atoms with van der Waals surface area (Å²) in [5.41, 5.74) is 2.40. The standard InChI is InChI=1S/C19H27N3O/c1-15-16(2)23-19(20-15)14-22(18-10-11-21(3)13-18)12-9-17-7-5-4-6-8-17/h4-8,18H,9-14H2,1-3H3/t18-/m1/s1. The topological polar surface area (TPSA) is 32.5 Å². The molecule has 1 saturated heterocycles. The molecule has 0 N–H and O–H groups in total. The second-order valence-electron chi connectivity index (χ2n) is 6.66. The van der Waals surface area contributed by atoms with Crippen LogP contribution in [-0.4, -0.2) is 47.5 Å². The number of hydrogen-bond donors (Lipinski definition) is 0. The molecule has 0 saturated carbocycles. The lowest BCUT2D eigenvalue weighted by atomic mass is 10.1. The average Bonchev–Trinajstić information content (AvgIpc) is 3.11. The van der Waals surface area contributed by atoms with Gasteiger partial charge in [0.25, 0.3) is 0 Å². The van der Waals surface area contributed by atoms with E-state index in [1.807, 2.05) is 13.8 Å². The van der Waals surface area contributed by atoms with Crippen molar-refractivity contribution in [3.8, 4) is 0 Å². The number of likely N-dealkylation sites (tertiary alicyclic amines) is 1. The summed E-state index contributed by atoms with van der Waals surface area (Å²) in [5, 5.41) is 0. The van der Waals surface area contributed by atoms with Crippen LogP contribution in [0.1, 0.15) is 29.3 Å². The normalized spacial score (nSPS) is 18.9. The van der Waals surface area contributed by atoms with Crippen LogP contribution in [0.3, 0.4) is 0 Å². The third-order valence-corrected chi connectivity index (χ3v) is 4.82. The third-order valence-electron chi connectivity index (χ3n) is 4.82. The maximum absolute atomic E-state index is 5.82. The van der Waals surface area contributed by atoms with Crippen LogP contribution in [0.25, 0.3) is 0 Å². The number of likely N-dealkylation sites (N-methyl/N-ethyl adjacent to an activating group) is 1. The Morgan fingerprint density at radius 1 is 1.26 bits per heavy atom. The minimum absolute atomic E-state index is 0.594. The van der Waals surface area contributed by atoms with Crippen LogP contribution < -0.4 is 0 Å². The van der Waals surface area contributed by atoms with Crippen molar-refractivity contribution in [2.24, 2.45) is 0 Å². The lowest BCUT2D eigenvalue weighted by Crippen LogP contribution is -2.38. The van der Waals surface area contributed by atoms with Gasteiger partial charge in [-0.3, -0.25) is 4.90 Å². The van der Waals surface area contributed by atoms with E-state index in [0.717, 1.165) is 43.4 Å². The quantitative estimate of drug-likeness (QED) is 0.820. The van der Waals surface area contributed by atoms with E-state index in [2.05, 4.69) is 52.2 Å². The summed E-state index contributed by atoms with van der Waals surface area (Å²) in [7, 11) is 2.20. The Morgan fingerprint density at radius 2 is 2.04 bits per heavy atom. The van der Waals surface area contributed by atoms with Gasteiger partial charge in [-0.2, -0.15) is 0 Å². The highest BCUT2D eigenvalue weighted by molar-refractivity contribution is 5.15. The van der Waals surface area contributed by atoms with Gasteiger partial charge in [-0.1, -0.05) is 30.3 Å². The van der Waals surface area contributed by atoms with Gasteiger partial charge in [0.05, 0.1) is 12.2 Å². The highest BCUT2D eigenvalue weighted by Gasteiger charge is 2.26. The molecule has 1 aromatic carbocycles. The van der Waals surface area contributed by atoms with E-state index in [4.69, 9.17) is 4.42 Å². The Hall–Kier alpha value is -1.65. The molecule has 0 radical (unpaired) electrons. The Labute approximate surface area is 139 Å². The van der Waals surface area contributed by atoms with Crippen molar-refractivity contribution in [3.05, 3.63) is 53.2 Å². The molecule has 1 atom stereocenters. The zero-order valence-corrected chi connectivity index (χ0v) is 14.5. The van der Waals surface area contributed by atoms with E-state index in [1.165, 1.54) is 18.5 Å². The molecule has 23 heavy (non-hydrogen) atoms. The van der Waals surface area contributed by atoms with E-state index < -0.39 is 0 Å². The summed E-state index contributed by atoms with van der Waals surface area (Å²) in [5.74, 6) is 1.79. The lowest BCUT2D eigenvalue weighted by molar-refractivity contribution is 0.173. The van der Waals surface area contributed by atoms with E-state index in [9.17, 15) is 0 Å². The van der Waals surface area contributed by atoms with E-state index in [1.54, 1.807) is 0 Å². The van der Waals surface area contributed by atoms with Gasteiger partial charge in [0, 0.05) is 19.1 Å². The number of aryl methyl sites for hydroxylation is 2. The molecule has 1 aliphatic rings. The summed E-state index contributed by atoms with van der Waals surface area (Å²) in [6.07, 6.45) is 2.30. The fourth-order valence-electron chi connectivity index (χ4n) is 3.30. The fourth-order valence-corrected chi connectivity index (χ4v) is 3.30. The van der Waals surface area contributed by atoms with Crippen LogP contribution in [0, 0.1) is 13.8 Å². The largest absolute Gasteiger partial charge is 0.444 e. The zero-order valence-electron chi connectivity index (χ0n) is 14.5. The first-order valence-corrected chi connectivity index (χ1v) is 8.51. The van der Waals surface area contributed by atoms with Gasteiger partial charge in [-0.15, -0.1) is 0 Å². The first kappa shape index (κ1) is 16.2. The molecule has 0 spiro atoms. The number of hydrogen-bond acceptors (Lipinski definition) is 4. The van der Waals surface area contributed by atoms with Crippen molar-refractivity contribution in [1.82, 2.24) is 14.8 Å². The second kappa shape index (κ2) is 7.28. The maximum atomic E-state index is 5.82. The molecular formula is C19H27N3O. The number of aromatic nitrogens is 1. The average molecular weight is 313 g/mol. The maximum Gasteiger partial charge on any atom is 0.208 e. The van der Waals surface area contributed by atoms with Gasteiger partial charge >= 0.3 is 0 Å². The molecule has 2 aromatic rings. The van der Waals surface area contributed by atoms with Crippen molar-refractivity contribution in [2.45, 2.75) is 39.3 Å². The Balaban J connectivity index is 1.68. The van der Waals surface area contributed by atoms with Crippen molar-refractivity contribution in [1.29, 1.82) is 0 Å². The Bertz CT molecular complexity index is 603. The van der Waals surface area contributed by atoms with Crippen LogP contribution in [0.15, 0.2) is 34.7 Å². The molecule has 0 bridgehead atoms. The summed E-state index contributed by atoms with van der Waals surface area (Å²) in [6, 6.07) is 11.3. The van der Waals surface area contributed by atoms with Gasteiger partial charge in [0.15, 0.2) is 0 Å². The summed E-state index contributed by atoms with van der Waals surface area (Å²) >= 11 is 0. The highest BCUT2D eigenvalue weighted by Crippen LogP contribution is 2.19. The zero-order chi connectivity index (χ0) is 16.2. The molecule has 1 aromatic heterocycles. The van der Waals surface area contributed by atoms with E-state index in [-0.39, 0.29) is 0 Å². The van der Waals surface area contributed by atoms with Gasteiger partial charge in [-0.25, -0.2) is 4.98 Å². The Kier molecular flexibility index (Phi) is 5.13. The number of nitrogens with zero attached hydrogens (tertiary/aromatic N) is 3. The van der Waals surface area contributed by atoms with E-state index >= 15 is 0 Å². The second-order valence-corrected chi connectivity index (χ2v) is 6.66. The van der Waals surface area contributed by atoms with Crippen molar-refractivity contribution in [2.75, 3.05) is 26.7 Å². The van der Waals surface area contributed by atoms with Crippen LogP contribution in [0.5, 0.6) is 0 Å². The van der Waals surface area contributed by atoms with Crippen molar-refractivity contribution < 1.29 is 4.42 Å². The van der Waals surface area contributed by atoms with Crippen LogP contribution in [0.4, 0.5) is 0 Å². The first-order valence-electron chi connectivity index (χ1n) is 8.51. The predicted molar refractivity (Wildman–Crippen MR) is 92.4 cm³/mol. The van der Waals surface area contributed by atoms with Gasteiger partial charge in [-0.05, 0) is 45.8 Å². The summed E-state index contributed by atoms with van der Waals surface area (Å²) in [4.78, 5) is 9.53. The number of rotatable bonds is 6. The molecule has 4 heteroatoms. The molecule has 2 heterocycles. The minimum atomic E-state index is 0.594. The molecule has 124 valence electrons. The lowest BCUT2D eigenvalue weighted by Gasteiger charge is -2.27. The SMILES string of the molecule is Cc1nc(CN(CCc2ccccc2)[C@@H]2CCN(C)C2)oc1C. The predicted octanol–water partition coefficient (Wildman–Crippen LogP) is 3.04. The number of benzene rings is 1. The highest BCUT2D eigenvalue weighted by atomic mass is 16.4. The third kappa shape index (κ3) is 4.21. The Morgan fingerprint density at radius 3 is 2.65 bits per heavy atom. The fraction of sp³-hybridized carbons (Fsp3) is 0.526. The molecule has 1 fully saturated rings. The van der Waals surface area contributed by atoms with Crippen molar-refractivity contribution in [3.63, 3.8) is 0 Å². The van der Waals surface area contributed by atoms with Gasteiger partial charge in [0.1, 0.15) is 5.76 Å².